The van der Waals surface area contributed by atoms with Gasteiger partial charge in [-0.1, -0.05) is 19.9 Å². The smallest absolute Gasteiger partial charge is 0.311 e. The van der Waals surface area contributed by atoms with Crippen molar-refractivity contribution < 1.29 is 14.3 Å². The monoisotopic (exact) mass is 267 g/mol. The number of carboxylic acids is 1. The first-order valence-corrected chi connectivity index (χ1v) is 6.49. The number of hydrogen-bond donors (Lipinski definition) is 2. The van der Waals surface area contributed by atoms with Gasteiger partial charge in [-0.25, -0.2) is 4.39 Å². The summed E-state index contributed by atoms with van der Waals surface area (Å²) in [7, 11) is 0. The topological polar surface area (TPSA) is 63.3 Å². The number of aliphatic carboxylic acids is 1. The molecule has 3 N–H and O–H groups in total. The van der Waals surface area contributed by atoms with Gasteiger partial charge in [0, 0.05) is 6.54 Å². The lowest BCUT2D eigenvalue weighted by atomic mass is 9.74. The van der Waals surface area contributed by atoms with Crippen LogP contribution in [-0.2, 0) is 11.2 Å². The molecule has 0 bridgehead atoms. The van der Waals surface area contributed by atoms with E-state index in [-0.39, 0.29) is 24.7 Å². The van der Waals surface area contributed by atoms with Crippen molar-refractivity contribution in [3.8, 4) is 0 Å². The van der Waals surface area contributed by atoms with Crippen molar-refractivity contribution in [3.63, 3.8) is 0 Å². The summed E-state index contributed by atoms with van der Waals surface area (Å²) < 4.78 is 13.3. The average molecular weight is 267 g/mol. The van der Waals surface area contributed by atoms with E-state index in [0.717, 1.165) is 5.56 Å². The number of rotatable bonds is 6. The fraction of sp³-hybridized carbons (Fsp3) is 0.533. The summed E-state index contributed by atoms with van der Waals surface area (Å²) in [6.45, 7) is 5.83. The third-order valence-electron chi connectivity index (χ3n) is 3.48. The zero-order chi connectivity index (χ0) is 14.6. The standard InChI is InChI=1S/C15H22FNO2/c1-10(2)7-15(9-17,14(18)19)8-12-6-13(16)5-4-11(12)3/h4-6,10H,7-9,17H2,1-3H3,(H,18,19). The van der Waals surface area contributed by atoms with Gasteiger partial charge in [0.2, 0.25) is 0 Å². The van der Waals surface area contributed by atoms with Crippen LogP contribution in [0.5, 0.6) is 0 Å². The molecule has 0 radical (unpaired) electrons. The SMILES string of the molecule is Cc1ccc(F)cc1CC(CN)(CC(C)C)C(=O)O. The second-order valence-corrected chi connectivity index (χ2v) is 5.64. The van der Waals surface area contributed by atoms with E-state index in [1.54, 1.807) is 6.07 Å². The van der Waals surface area contributed by atoms with Gasteiger partial charge in [-0.05, 0) is 48.9 Å². The van der Waals surface area contributed by atoms with Crippen LogP contribution in [0.4, 0.5) is 4.39 Å². The average Bonchev–Trinajstić information content (AvgIpc) is 2.32. The van der Waals surface area contributed by atoms with E-state index in [2.05, 4.69) is 0 Å². The number of halogens is 1. The maximum absolute atomic E-state index is 13.3. The molecule has 0 aliphatic carbocycles. The fourth-order valence-corrected chi connectivity index (χ4v) is 2.45. The van der Waals surface area contributed by atoms with Crippen LogP contribution in [0.2, 0.25) is 0 Å². The van der Waals surface area contributed by atoms with Crippen LogP contribution in [0.15, 0.2) is 18.2 Å². The van der Waals surface area contributed by atoms with Gasteiger partial charge in [-0.15, -0.1) is 0 Å². The lowest BCUT2D eigenvalue weighted by molar-refractivity contribution is -0.149. The summed E-state index contributed by atoms with van der Waals surface area (Å²) in [6.07, 6.45) is 0.745. The van der Waals surface area contributed by atoms with Crippen LogP contribution in [-0.4, -0.2) is 17.6 Å². The van der Waals surface area contributed by atoms with Gasteiger partial charge in [0.15, 0.2) is 0 Å². The molecule has 0 saturated carbocycles. The summed E-state index contributed by atoms with van der Waals surface area (Å²) in [5.41, 5.74) is 6.31. The Hall–Kier alpha value is -1.42. The Morgan fingerprint density at radius 1 is 1.47 bits per heavy atom. The number of hydrogen-bond acceptors (Lipinski definition) is 2. The van der Waals surface area contributed by atoms with E-state index in [9.17, 15) is 14.3 Å². The maximum Gasteiger partial charge on any atom is 0.311 e. The van der Waals surface area contributed by atoms with Gasteiger partial charge in [-0.3, -0.25) is 4.79 Å². The number of aryl methyl sites for hydroxylation is 1. The maximum atomic E-state index is 13.3. The van der Waals surface area contributed by atoms with Gasteiger partial charge < -0.3 is 10.8 Å². The highest BCUT2D eigenvalue weighted by Gasteiger charge is 2.38. The summed E-state index contributed by atoms with van der Waals surface area (Å²) in [6, 6.07) is 4.46. The van der Waals surface area contributed by atoms with Gasteiger partial charge in [0.25, 0.3) is 0 Å². The highest BCUT2D eigenvalue weighted by Crippen LogP contribution is 2.31. The minimum Gasteiger partial charge on any atom is -0.481 e. The van der Waals surface area contributed by atoms with Crippen molar-refractivity contribution in [1.29, 1.82) is 0 Å². The fourth-order valence-electron chi connectivity index (χ4n) is 2.45. The molecule has 19 heavy (non-hydrogen) atoms. The van der Waals surface area contributed by atoms with Crippen molar-refractivity contribution in [3.05, 3.63) is 35.1 Å². The molecule has 0 spiro atoms. The first kappa shape index (κ1) is 15.6. The number of carboxylic acid groups (broad SMARTS) is 1. The van der Waals surface area contributed by atoms with E-state index in [1.165, 1.54) is 12.1 Å². The summed E-state index contributed by atoms with van der Waals surface area (Å²) in [5.74, 6) is -1.04. The predicted octanol–water partition coefficient (Wildman–Crippen LogP) is 2.75. The van der Waals surface area contributed by atoms with E-state index in [0.29, 0.717) is 12.0 Å². The molecule has 1 atom stereocenters. The highest BCUT2D eigenvalue weighted by molar-refractivity contribution is 5.75. The van der Waals surface area contributed by atoms with Crippen molar-refractivity contribution >= 4 is 5.97 Å². The Kier molecular flexibility index (Phi) is 5.06. The first-order chi connectivity index (χ1) is 8.80. The molecule has 0 saturated heterocycles. The largest absolute Gasteiger partial charge is 0.481 e. The van der Waals surface area contributed by atoms with Gasteiger partial charge in [0.1, 0.15) is 5.82 Å². The van der Waals surface area contributed by atoms with E-state index in [4.69, 9.17) is 5.73 Å². The second kappa shape index (κ2) is 6.15. The minimum absolute atomic E-state index is 0.0521. The molecule has 106 valence electrons. The normalized spacial score (nSPS) is 14.4. The summed E-state index contributed by atoms with van der Waals surface area (Å²) in [5, 5.41) is 9.52. The second-order valence-electron chi connectivity index (χ2n) is 5.64. The van der Waals surface area contributed by atoms with E-state index < -0.39 is 11.4 Å². The molecular weight excluding hydrogens is 245 g/mol. The van der Waals surface area contributed by atoms with Crippen molar-refractivity contribution in [2.45, 2.75) is 33.6 Å². The summed E-state index contributed by atoms with van der Waals surface area (Å²) >= 11 is 0. The molecule has 0 aromatic heterocycles. The quantitative estimate of drug-likeness (QED) is 0.833. The zero-order valence-corrected chi connectivity index (χ0v) is 11.7. The van der Waals surface area contributed by atoms with Crippen LogP contribution < -0.4 is 5.73 Å². The zero-order valence-electron chi connectivity index (χ0n) is 11.7. The molecule has 0 aliphatic rings. The Morgan fingerprint density at radius 2 is 2.11 bits per heavy atom. The molecule has 4 heteroatoms. The first-order valence-electron chi connectivity index (χ1n) is 6.49. The van der Waals surface area contributed by atoms with Gasteiger partial charge >= 0.3 is 5.97 Å². The Balaban J connectivity index is 3.13. The third-order valence-corrected chi connectivity index (χ3v) is 3.48. The van der Waals surface area contributed by atoms with Gasteiger partial charge in [0.05, 0.1) is 5.41 Å². The van der Waals surface area contributed by atoms with Crippen LogP contribution in [0, 0.1) is 24.1 Å². The van der Waals surface area contributed by atoms with Crippen LogP contribution in [0.3, 0.4) is 0 Å². The van der Waals surface area contributed by atoms with Crippen molar-refractivity contribution in [2.75, 3.05) is 6.54 Å². The van der Waals surface area contributed by atoms with Gasteiger partial charge in [-0.2, -0.15) is 0 Å². The highest BCUT2D eigenvalue weighted by atomic mass is 19.1. The van der Waals surface area contributed by atoms with Crippen LogP contribution >= 0.6 is 0 Å². The van der Waals surface area contributed by atoms with Crippen LogP contribution in [0.25, 0.3) is 0 Å². The van der Waals surface area contributed by atoms with Crippen molar-refractivity contribution in [1.82, 2.24) is 0 Å². The molecule has 0 fully saturated rings. The molecule has 0 aliphatic heterocycles. The van der Waals surface area contributed by atoms with Crippen LogP contribution in [0.1, 0.15) is 31.4 Å². The molecule has 0 heterocycles. The minimum atomic E-state index is -1.02. The number of carbonyl (C=O) groups is 1. The van der Waals surface area contributed by atoms with Crippen molar-refractivity contribution in [2.24, 2.45) is 17.1 Å². The lowest BCUT2D eigenvalue weighted by Gasteiger charge is -2.30. The van der Waals surface area contributed by atoms with E-state index >= 15 is 0 Å². The molecule has 1 aromatic carbocycles. The lowest BCUT2D eigenvalue weighted by Crippen LogP contribution is -2.42. The molecule has 1 unspecified atom stereocenters. The Bertz CT molecular complexity index is 459. The van der Waals surface area contributed by atoms with E-state index in [1.807, 2.05) is 20.8 Å². The predicted molar refractivity (Wildman–Crippen MR) is 73.4 cm³/mol. The molecule has 0 amide bonds. The summed E-state index contributed by atoms with van der Waals surface area (Å²) in [4.78, 5) is 11.6. The molecular formula is C15H22FNO2. The molecule has 3 nitrogen and oxygen atoms in total. The molecule has 1 rings (SSSR count). The molecule has 1 aromatic rings. The number of nitrogens with two attached hydrogens (primary N) is 1. The Morgan fingerprint density at radius 3 is 2.58 bits per heavy atom. The Labute approximate surface area is 113 Å². The third kappa shape index (κ3) is 3.77. The number of benzene rings is 1.